The zero-order chi connectivity index (χ0) is 22.8. The van der Waals surface area contributed by atoms with Crippen molar-refractivity contribution in [3.8, 4) is 11.5 Å². The molecular weight excluding hydrogens is 428 g/mol. The summed E-state index contributed by atoms with van der Waals surface area (Å²) in [7, 11) is -2.06. The van der Waals surface area contributed by atoms with E-state index in [1.807, 2.05) is 36.4 Å². The van der Waals surface area contributed by atoms with E-state index in [9.17, 15) is 13.2 Å². The number of amides is 1. The fraction of sp³-hybridized carbons (Fsp3) is 0.208. The van der Waals surface area contributed by atoms with E-state index >= 15 is 0 Å². The lowest BCUT2D eigenvalue weighted by atomic mass is 10.2. The number of benzene rings is 3. The van der Waals surface area contributed by atoms with E-state index in [0.29, 0.717) is 24.7 Å². The van der Waals surface area contributed by atoms with Crippen molar-refractivity contribution >= 4 is 15.9 Å². The standard InChI is InChI=1S/C24H26N2O5S/c1-30-23-16-20(12-13-22(23)31-18-19-8-4-2-5-9-19)17-25-24(27)14-15-26-32(28,29)21-10-6-3-7-11-21/h2-13,16,26H,14-15,17-18H2,1H3,(H,25,27). The summed E-state index contributed by atoms with van der Waals surface area (Å²) in [6.07, 6.45) is 0.0292. The monoisotopic (exact) mass is 454 g/mol. The normalized spacial score (nSPS) is 11.0. The van der Waals surface area contributed by atoms with Crippen LogP contribution in [0.25, 0.3) is 0 Å². The molecule has 0 spiro atoms. The second kappa shape index (κ2) is 11.3. The van der Waals surface area contributed by atoms with Crippen molar-refractivity contribution in [1.29, 1.82) is 0 Å². The van der Waals surface area contributed by atoms with Crippen LogP contribution in [-0.2, 0) is 28.0 Å². The molecule has 3 rings (SSSR count). The van der Waals surface area contributed by atoms with Crippen LogP contribution in [0.4, 0.5) is 0 Å². The van der Waals surface area contributed by atoms with Gasteiger partial charge >= 0.3 is 0 Å². The van der Waals surface area contributed by atoms with Gasteiger partial charge in [0.25, 0.3) is 0 Å². The summed E-state index contributed by atoms with van der Waals surface area (Å²) in [5.74, 6) is 0.925. The van der Waals surface area contributed by atoms with E-state index in [2.05, 4.69) is 10.0 Å². The molecule has 168 valence electrons. The Kier molecular flexibility index (Phi) is 8.24. The predicted molar refractivity (Wildman–Crippen MR) is 122 cm³/mol. The van der Waals surface area contributed by atoms with Crippen LogP contribution in [0.5, 0.6) is 11.5 Å². The van der Waals surface area contributed by atoms with Gasteiger partial charge in [0, 0.05) is 19.5 Å². The number of carbonyl (C=O) groups excluding carboxylic acids is 1. The summed E-state index contributed by atoms with van der Waals surface area (Å²) in [5, 5.41) is 2.78. The maximum absolute atomic E-state index is 12.2. The molecule has 0 unspecified atom stereocenters. The van der Waals surface area contributed by atoms with Gasteiger partial charge in [0.2, 0.25) is 15.9 Å². The molecule has 0 saturated heterocycles. The van der Waals surface area contributed by atoms with Gasteiger partial charge in [-0.3, -0.25) is 4.79 Å². The van der Waals surface area contributed by atoms with Crippen LogP contribution >= 0.6 is 0 Å². The molecule has 0 atom stereocenters. The van der Waals surface area contributed by atoms with E-state index in [1.54, 1.807) is 37.4 Å². The molecule has 1 amide bonds. The second-order valence-electron chi connectivity index (χ2n) is 7.00. The van der Waals surface area contributed by atoms with Gasteiger partial charge in [-0.05, 0) is 35.4 Å². The highest BCUT2D eigenvalue weighted by atomic mass is 32.2. The summed E-state index contributed by atoms with van der Waals surface area (Å²) in [4.78, 5) is 12.3. The van der Waals surface area contributed by atoms with Crippen LogP contribution in [0.1, 0.15) is 17.5 Å². The number of carbonyl (C=O) groups is 1. The number of sulfonamides is 1. The molecule has 3 aromatic carbocycles. The molecule has 2 N–H and O–H groups in total. The zero-order valence-corrected chi connectivity index (χ0v) is 18.6. The quantitative estimate of drug-likeness (QED) is 0.464. The van der Waals surface area contributed by atoms with Gasteiger partial charge in [-0.15, -0.1) is 0 Å². The molecule has 3 aromatic rings. The first-order chi connectivity index (χ1) is 15.5. The molecule has 8 heteroatoms. The Hall–Kier alpha value is -3.36. The molecule has 0 saturated carbocycles. The van der Waals surface area contributed by atoms with Crippen molar-refractivity contribution in [2.45, 2.75) is 24.5 Å². The summed E-state index contributed by atoms with van der Waals surface area (Å²) in [6.45, 7) is 0.727. The average molecular weight is 455 g/mol. The summed E-state index contributed by atoms with van der Waals surface area (Å²) >= 11 is 0. The third kappa shape index (κ3) is 6.83. The second-order valence-corrected chi connectivity index (χ2v) is 8.76. The van der Waals surface area contributed by atoms with Crippen molar-refractivity contribution < 1.29 is 22.7 Å². The molecule has 0 radical (unpaired) electrons. The Morgan fingerprint density at radius 1 is 0.875 bits per heavy atom. The molecule has 0 fully saturated rings. The third-order valence-electron chi connectivity index (χ3n) is 4.65. The van der Waals surface area contributed by atoms with Crippen molar-refractivity contribution in [3.63, 3.8) is 0 Å². The maximum atomic E-state index is 12.2. The van der Waals surface area contributed by atoms with Gasteiger partial charge in [0.15, 0.2) is 11.5 Å². The first kappa shape index (κ1) is 23.3. The molecule has 0 aliphatic rings. The lowest BCUT2D eigenvalue weighted by molar-refractivity contribution is -0.121. The number of rotatable bonds is 11. The molecule has 32 heavy (non-hydrogen) atoms. The highest BCUT2D eigenvalue weighted by Crippen LogP contribution is 2.28. The minimum Gasteiger partial charge on any atom is -0.493 e. The van der Waals surface area contributed by atoms with Gasteiger partial charge in [0.05, 0.1) is 12.0 Å². The molecule has 0 bridgehead atoms. The van der Waals surface area contributed by atoms with Crippen LogP contribution in [0.3, 0.4) is 0 Å². The van der Waals surface area contributed by atoms with Crippen LogP contribution in [0.2, 0.25) is 0 Å². The summed E-state index contributed by atoms with van der Waals surface area (Å²) in [5.41, 5.74) is 1.89. The van der Waals surface area contributed by atoms with E-state index in [0.717, 1.165) is 11.1 Å². The van der Waals surface area contributed by atoms with Crippen molar-refractivity contribution in [2.75, 3.05) is 13.7 Å². The van der Waals surface area contributed by atoms with Gasteiger partial charge in [-0.1, -0.05) is 54.6 Å². The Morgan fingerprint density at radius 2 is 1.56 bits per heavy atom. The van der Waals surface area contributed by atoms with Crippen LogP contribution in [-0.4, -0.2) is 28.0 Å². The van der Waals surface area contributed by atoms with Crippen LogP contribution in [0, 0.1) is 0 Å². The molecule has 0 aliphatic carbocycles. The lowest BCUT2D eigenvalue weighted by Crippen LogP contribution is -2.30. The molecule has 0 aliphatic heterocycles. The fourth-order valence-electron chi connectivity index (χ4n) is 2.95. The van der Waals surface area contributed by atoms with Crippen molar-refractivity contribution in [2.24, 2.45) is 0 Å². The number of hydrogen-bond acceptors (Lipinski definition) is 5. The van der Waals surface area contributed by atoms with Gasteiger partial charge in [-0.25, -0.2) is 13.1 Å². The van der Waals surface area contributed by atoms with E-state index < -0.39 is 10.0 Å². The number of hydrogen-bond donors (Lipinski definition) is 2. The number of methoxy groups -OCH3 is 1. The Morgan fingerprint density at radius 3 is 2.25 bits per heavy atom. The van der Waals surface area contributed by atoms with Crippen molar-refractivity contribution in [1.82, 2.24) is 10.0 Å². The molecular formula is C24H26N2O5S. The van der Waals surface area contributed by atoms with Gasteiger partial charge in [0.1, 0.15) is 6.61 Å². The van der Waals surface area contributed by atoms with E-state index in [-0.39, 0.29) is 23.8 Å². The number of ether oxygens (including phenoxy) is 2. The highest BCUT2D eigenvalue weighted by molar-refractivity contribution is 7.89. The fourth-order valence-corrected chi connectivity index (χ4v) is 4.00. The molecule has 0 aromatic heterocycles. The topological polar surface area (TPSA) is 93.7 Å². The summed E-state index contributed by atoms with van der Waals surface area (Å²) < 4.78 is 38.0. The van der Waals surface area contributed by atoms with E-state index in [1.165, 1.54) is 12.1 Å². The first-order valence-electron chi connectivity index (χ1n) is 10.1. The average Bonchev–Trinajstić information content (AvgIpc) is 2.82. The zero-order valence-electron chi connectivity index (χ0n) is 17.8. The Balaban J connectivity index is 1.47. The minimum atomic E-state index is -3.62. The highest BCUT2D eigenvalue weighted by Gasteiger charge is 2.13. The largest absolute Gasteiger partial charge is 0.493 e. The lowest BCUT2D eigenvalue weighted by Gasteiger charge is -2.13. The maximum Gasteiger partial charge on any atom is 0.240 e. The SMILES string of the molecule is COc1cc(CNC(=O)CCNS(=O)(=O)c2ccccc2)ccc1OCc1ccccc1. The van der Waals surface area contributed by atoms with Gasteiger partial charge in [-0.2, -0.15) is 0 Å². The minimum absolute atomic E-state index is 0.0125. The molecule has 0 heterocycles. The van der Waals surface area contributed by atoms with Gasteiger partial charge < -0.3 is 14.8 Å². The van der Waals surface area contributed by atoms with Crippen LogP contribution < -0.4 is 19.5 Å². The third-order valence-corrected chi connectivity index (χ3v) is 6.13. The Bertz CT molecular complexity index is 1120. The molecule has 7 nitrogen and oxygen atoms in total. The van der Waals surface area contributed by atoms with E-state index in [4.69, 9.17) is 9.47 Å². The predicted octanol–water partition coefficient (Wildman–Crippen LogP) is 3.26. The van der Waals surface area contributed by atoms with Crippen molar-refractivity contribution in [3.05, 3.63) is 90.0 Å². The smallest absolute Gasteiger partial charge is 0.240 e. The number of nitrogens with one attached hydrogen (secondary N) is 2. The van der Waals surface area contributed by atoms with Crippen LogP contribution in [0.15, 0.2) is 83.8 Å². The first-order valence-corrected chi connectivity index (χ1v) is 11.6. The Labute approximate surface area is 188 Å². The summed E-state index contributed by atoms with van der Waals surface area (Å²) in [6, 6.07) is 23.3.